The van der Waals surface area contributed by atoms with Gasteiger partial charge >= 0.3 is 5.97 Å². The first-order chi connectivity index (χ1) is 14.8. The van der Waals surface area contributed by atoms with Gasteiger partial charge in [0, 0.05) is 13.0 Å². The number of nitrogens with two attached hydrogens (primary N) is 1. The van der Waals surface area contributed by atoms with Gasteiger partial charge in [0.2, 0.25) is 11.8 Å². The van der Waals surface area contributed by atoms with Gasteiger partial charge in [-0.05, 0) is 26.8 Å². The predicted octanol–water partition coefficient (Wildman–Crippen LogP) is -5.06. The number of aliphatic carboxylic acids is 1. The zero-order valence-corrected chi connectivity index (χ0v) is 18.0. The van der Waals surface area contributed by atoms with Crippen molar-refractivity contribution in [1.29, 1.82) is 0 Å². The van der Waals surface area contributed by atoms with E-state index in [1.165, 1.54) is 13.8 Å². The average molecular weight is 466 g/mol. The van der Waals surface area contributed by atoms with E-state index >= 15 is 0 Å². The molecule has 1 fully saturated rings. The summed E-state index contributed by atoms with van der Waals surface area (Å²) in [6, 6.07) is -3.09. The van der Waals surface area contributed by atoms with Crippen LogP contribution in [0.25, 0.3) is 0 Å². The van der Waals surface area contributed by atoms with Gasteiger partial charge in [0.05, 0.1) is 12.6 Å². The number of carboxylic acid groups (broad SMARTS) is 1. The van der Waals surface area contributed by atoms with Crippen LogP contribution in [0.1, 0.15) is 26.7 Å². The molecule has 186 valence electrons. The number of aliphatic hydroxyl groups excluding tert-OH is 4. The molecule has 8 atom stereocenters. The molecule has 0 aromatic rings. The molecular formula is C18H34N4O10. The van der Waals surface area contributed by atoms with E-state index in [0.29, 0.717) is 0 Å². The quantitative estimate of drug-likeness (QED) is 0.121. The van der Waals surface area contributed by atoms with Gasteiger partial charge in [0.25, 0.3) is 0 Å². The van der Waals surface area contributed by atoms with Crippen LogP contribution in [-0.4, -0.2) is 116 Å². The lowest BCUT2D eigenvalue weighted by molar-refractivity contribution is -0.350. The summed E-state index contributed by atoms with van der Waals surface area (Å²) >= 11 is 0. The van der Waals surface area contributed by atoms with Crippen LogP contribution in [0.5, 0.6) is 0 Å². The Bertz CT molecular complexity index is 651. The molecule has 0 saturated carbocycles. The van der Waals surface area contributed by atoms with Crippen molar-refractivity contribution >= 4 is 17.8 Å². The number of nitrogens with one attached hydrogen (secondary N) is 3. The number of ether oxygens (including phenoxy) is 1. The van der Waals surface area contributed by atoms with Crippen molar-refractivity contribution in [2.45, 2.75) is 75.0 Å². The Morgan fingerprint density at radius 2 is 1.62 bits per heavy atom. The lowest BCUT2D eigenvalue weighted by Gasteiger charge is -2.45. The van der Waals surface area contributed by atoms with E-state index in [9.17, 15) is 39.9 Å². The van der Waals surface area contributed by atoms with Gasteiger partial charge in [0.1, 0.15) is 36.5 Å². The highest BCUT2D eigenvalue weighted by Gasteiger charge is 2.52. The minimum atomic E-state index is -2.20. The summed E-state index contributed by atoms with van der Waals surface area (Å²) in [5.74, 6) is -4.71. The highest BCUT2D eigenvalue weighted by atomic mass is 16.7. The van der Waals surface area contributed by atoms with Crippen molar-refractivity contribution in [3.05, 3.63) is 0 Å². The minimum absolute atomic E-state index is 0.0781. The summed E-state index contributed by atoms with van der Waals surface area (Å²) in [6.07, 6.45) is -6.39. The lowest BCUT2D eigenvalue weighted by atomic mass is 9.91. The number of carboxylic acids is 1. The van der Waals surface area contributed by atoms with Crippen molar-refractivity contribution in [3.63, 3.8) is 0 Å². The fourth-order valence-electron chi connectivity index (χ4n) is 2.99. The van der Waals surface area contributed by atoms with E-state index in [4.69, 9.17) is 15.6 Å². The Hall–Kier alpha value is -1.91. The first-order valence-corrected chi connectivity index (χ1v) is 10.2. The van der Waals surface area contributed by atoms with Crippen molar-refractivity contribution in [2.24, 2.45) is 5.73 Å². The molecule has 0 radical (unpaired) electrons. The second-order valence-electron chi connectivity index (χ2n) is 7.80. The number of hydrogen-bond acceptors (Lipinski definition) is 11. The fraction of sp³-hybridized carbons (Fsp3) is 0.833. The van der Waals surface area contributed by atoms with Gasteiger partial charge < -0.3 is 57.1 Å². The third kappa shape index (κ3) is 7.60. The Morgan fingerprint density at radius 1 is 1.03 bits per heavy atom. The van der Waals surface area contributed by atoms with Crippen LogP contribution in [0.15, 0.2) is 0 Å². The number of rotatable bonds is 12. The fourth-order valence-corrected chi connectivity index (χ4v) is 2.99. The first-order valence-electron chi connectivity index (χ1n) is 10.2. The Kier molecular flexibility index (Phi) is 10.9. The molecule has 8 unspecified atom stereocenters. The number of carbonyl (C=O) groups excluding carboxylic acids is 2. The summed E-state index contributed by atoms with van der Waals surface area (Å²) in [6.45, 7) is 2.29. The van der Waals surface area contributed by atoms with Crippen LogP contribution < -0.4 is 21.7 Å². The molecule has 1 rings (SSSR count). The smallest absolute Gasteiger partial charge is 0.325 e. The summed E-state index contributed by atoms with van der Waals surface area (Å²) in [5, 5.41) is 65.4. The molecule has 14 heteroatoms. The molecule has 1 aliphatic heterocycles. The van der Waals surface area contributed by atoms with E-state index in [0.717, 1.165) is 0 Å². The third-order valence-electron chi connectivity index (χ3n) is 5.16. The third-order valence-corrected chi connectivity index (χ3v) is 5.16. The van der Waals surface area contributed by atoms with Crippen LogP contribution in [0.2, 0.25) is 0 Å². The van der Waals surface area contributed by atoms with Gasteiger partial charge in [-0.3, -0.25) is 14.4 Å². The van der Waals surface area contributed by atoms with E-state index < -0.39 is 72.7 Å². The lowest BCUT2D eigenvalue weighted by Crippen LogP contribution is -2.65. The van der Waals surface area contributed by atoms with Crippen molar-refractivity contribution in [2.75, 3.05) is 19.7 Å². The van der Waals surface area contributed by atoms with Crippen molar-refractivity contribution in [3.8, 4) is 0 Å². The molecule has 1 aliphatic rings. The minimum Gasteiger partial charge on any atom is -0.480 e. The maximum atomic E-state index is 12.1. The molecule has 0 bridgehead atoms. The summed E-state index contributed by atoms with van der Waals surface area (Å²) in [5.41, 5.74) is 5.78. The van der Waals surface area contributed by atoms with Crippen LogP contribution in [0, 0.1) is 0 Å². The topological polar surface area (TPSA) is 244 Å². The highest BCUT2D eigenvalue weighted by molar-refractivity contribution is 5.91. The predicted molar refractivity (Wildman–Crippen MR) is 108 cm³/mol. The highest BCUT2D eigenvalue weighted by Crippen LogP contribution is 2.30. The van der Waals surface area contributed by atoms with Gasteiger partial charge in [0.15, 0.2) is 5.79 Å². The van der Waals surface area contributed by atoms with E-state index in [-0.39, 0.29) is 25.9 Å². The summed E-state index contributed by atoms with van der Waals surface area (Å²) in [4.78, 5) is 34.7. The molecule has 14 nitrogen and oxygen atoms in total. The molecule has 0 spiro atoms. The van der Waals surface area contributed by atoms with Gasteiger partial charge in [-0.15, -0.1) is 0 Å². The second kappa shape index (κ2) is 12.4. The number of carbonyl (C=O) groups is 3. The monoisotopic (exact) mass is 466 g/mol. The van der Waals surface area contributed by atoms with E-state index in [1.807, 2.05) is 0 Å². The first kappa shape index (κ1) is 28.1. The molecule has 1 heterocycles. The largest absolute Gasteiger partial charge is 0.480 e. The van der Waals surface area contributed by atoms with Crippen LogP contribution in [-0.2, 0) is 19.1 Å². The summed E-state index contributed by atoms with van der Waals surface area (Å²) < 4.78 is 5.13. The standard InChI is InChI=1S/C18H34N4O10/c1-8(15(27)22-9(2)17(29)30)21-16(28)10(19)3-5-20-6-4-18(31)14(26)13(25)12(24)11(7-23)32-18/h8-14,20,23-26,31H,3-7,19H2,1-2H3,(H,21,28)(H,22,27)(H,29,30). The van der Waals surface area contributed by atoms with Gasteiger partial charge in [-0.2, -0.15) is 0 Å². The van der Waals surface area contributed by atoms with Gasteiger partial charge in [-0.1, -0.05) is 0 Å². The van der Waals surface area contributed by atoms with E-state index in [1.54, 1.807) is 0 Å². The number of hydrogen-bond donors (Lipinski definition) is 10. The molecule has 2 amide bonds. The average Bonchev–Trinajstić information content (AvgIpc) is 2.74. The SMILES string of the molecule is CC(NC(=O)C(C)NC(=O)C(N)CCNCCC1(O)OC(CO)C(O)C(O)C1O)C(=O)O. The maximum absolute atomic E-state index is 12.1. The zero-order chi connectivity index (χ0) is 24.6. The molecule has 11 N–H and O–H groups in total. The molecule has 0 aromatic heterocycles. The van der Waals surface area contributed by atoms with Crippen molar-refractivity contribution in [1.82, 2.24) is 16.0 Å². The van der Waals surface area contributed by atoms with Crippen LogP contribution in [0.4, 0.5) is 0 Å². The molecular weight excluding hydrogens is 432 g/mol. The maximum Gasteiger partial charge on any atom is 0.325 e. The number of aliphatic hydroxyl groups is 5. The van der Waals surface area contributed by atoms with Crippen molar-refractivity contribution < 1.29 is 49.8 Å². The normalized spacial score (nSPS) is 30.8. The zero-order valence-electron chi connectivity index (χ0n) is 18.0. The number of amides is 2. The van der Waals surface area contributed by atoms with E-state index in [2.05, 4.69) is 16.0 Å². The Labute approximate surface area is 184 Å². The van der Waals surface area contributed by atoms with Crippen LogP contribution >= 0.6 is 0 Å². The van der Waals surface area contributed by atoms with Gasteiger partial charge in [-0.25, -0.2) is 0 Å². The van der Waals surface area contributed by atoms with Crippen LogP contribution in [0.3, 0.4) is 0 Å². The summed E-state index contributed by atoms with van der Waals surface area (Å²) in [7, 11) is 0. The molecule has 0 aliphatic carbocycles. The Morgan fingerprint density at radius 3 is 2.19 bits per heavy atom. The molecule has 0 aromatic carbocycles. The Balaban J connectivity index is 2.38. The molecule has 32 heavy (non-hydrogen) atoms. The second-order valence-corrected chi connectivity index (χ2v) is 7.80. The molecule has 1 saturated heterocycles.